The van der Waals surface area contributed by atoms with Crippen molar-refractivity contribution in [1.82, 2.24) is 4.98 Å². The number of aromatic nitrogens is 1. The molecule has 4 N–H and O–H groups in total. The first-order chi connectivity index (χ1) is 17.5. The Morgan fingerprint density at radius 3 is 2.32 bits per heavy atom. The number of H-pyrrole nitrogens is 1. The van der Waals surface area contributed by atoms with Gasteiger partial charge in [-0.1, -0.05) is 24.3 Å². The summed E-state index contributed by atoms with van der Waals surface area (Å²) >= 11 is 0. The van der Waals surface area contributed by atoms with Gasteiger partial charge in [-0.05, 0) is 48.0 Å². The lowest BCUT2D eigenvalue weighted by Crippen LogP contribution is -2.16. The number of hydrogen-bond donors (Lipinski definition) is 4. The van der Waals surface area contributed by atoms with Crippen molar-refractivity contribution in [3.63, 3.8) is 0 Å². The molecule has 3 aromatic carbocycles. The fourth-order valence-corrected chi connectivity index (χ4v) is 3.66. The number of nitrogens with zero attached hydrogens (tertiary/aromatic N) is 1. The van der Waals surface area contributed by atoms with Crippen LogP contribution >= 0.6 is 0 Å². The van der Waals surface area contributed by atoms with E-state index in [1.165, 1.54) is 30.3 Å². The number of alkyl halides is 3. The number of nitriles is 1. The van der Waals surface area contributed by atoms with E-state index in [-0.39, 0.29) is 28.9 Å². The fraction of sp³-hybridized carbons (Fsp3) is 0.0769. The van der Waals surface area contributed by atoms with Gasteiger partial charge in [-0.15, -0.1) is 0 Å². The standard InChI is InChI=1S/C26H17F3N4O4/c27-26(28,29)17-7-4-14(5-8-17)11-22(34)31-20-3-1-2-16-12-21(32-23(16)20)24(35)33-19-9-6-15(13-30)10-18(19)25(36)37/h1-10,12,32H,11H2,(H,31,34)(H,33,35)(H,36,37). The van der Waals surface area contributed by atoms with Crippen LogP contribution in [0.2, 0.25) is 0 Å². The minimum absolute atomic E-state index is 0.000207. The zero-order valence-corrected chi connectivity index (χ0v) is 18.8. The number of fused-ring (bicyclic) bond motifs is 1. The van der Waals surface area contributed by atoms with Crippen molar-refractivity contribution in [2.45, 2.75) is 12.6 Å². The highest BCUT2D eigenvalue weighted by atomic mass is 19.4. The van der Waals surface area contributed by atoms with E-state index in [9.17, 15) is 32.7 Å². The number of anilines is 2. The number of para-hydroxylation sites is 1. The van der Waals surface area contributed by atoms with Crippen LogP contribution in [0, 0.1) is 11.3 Å². The van der Waals surface area contributed by atoms with E-state index in [0.29, 0.717) is 22.2 Å². The Bertz CT molecular complexity index is 1570. The van der Waals surface area contributed by atoms with Gasteiger partial charge in [0.2, 0.25) is 5.91 Å². The first-order valence-corrected chi connectivity index (χ1v) is 10.7. The summed E-state index contributed by atoms with van der Waals surface area (Å²) < 4.78 is 38.2. The fourth-order valence-electron chi connectivity index (χ4n) is 3.66. The maximum atomic E-state index is 12.8. The van der Waals surface area contributed by atoms with Gasteiger partial charge >= 0.3 is 12.1 Å². The summed E-state index contributed by atoms with van der Waals surface area (Å²) in [5.74, 6) is -2.44. The van der Waals surface area contributed by atoms with E-state index in [0.717, 1.165) is 18.2 Å². The van der Waals surface area contributed by atoms with Gasteiger partial charge in [0, 0.05) is 5.39 Å². The highest BCUT2D eigenvalue weighted by molar-refractivity contribution is 6.10. The summed E-state index contributed by atoms with van der Waals surface area (Å²) in [5.41, 5.74) is 0.304. The molecular weight excluding hydrogens is 489 g/mol. The van der Waals surface area contributed by atoms with Crippen molar-refractivity contribution < 1.29 is 32.7 Å². The molecule has 4 rings (SSSR count). The third kappa shape index (κ3) is 5.59. The number of aromatic carboxylic acids is 1. The molecule has 0 saturated carbocycles. The zero-order valence-electron chi connectivity index (χ0n) is 18.8. The van der Waals surface area contributed by atoms with Crippen LogP contribution in [0.15, 0.2) is 66.7 Å². The lowest BCUT2D eigenvalue weighted by Gasteiger charge is -2.09. The maximum absolute atomic E-state index is 12.8. The maximum Gasteiger partial charge on any atom is 0.416 e. The molecule has 0 atom stereocenters. The first-order valence-electron chi connectivity index (χ1n) is 10.7. The van der Waals surface area contributed by atoms with Gasteiger partial charge in [0.1, 0.15) is 5.69 Å². The average molecular weight is 506 g/mol. The summed E-state index contributed by atoms with van der Waals surface area (Å²) in [4.78, 5) is 39.8. The quantitative estimate of drug-likeness (QED) is 0.285. The van der Waals surface area contributed by atoms with Crippen molar-refractivity contribution >= 4 is 40.1 Å². The van der Waals surface area contributed by atoms with Gasteiger partial charge in [0.15, 0.2) is 0 Å². The van der Waals surface area contributed by atoms with Crippen molar-refractivity contribution in [2.24, 2.45) is 0 Å². The molecule has 0 fully saturated rings. The molecule has 0 spiro atoms. The topological polar surface area (TPSA) is 135 Å². The molecule has 2 amide bonds. The van der Waals surface area contributed by atoms with Gasteiger partial charge in [-0.2, -0.15) is 18.4 Å². The van der Waals surface area contributed by atoms with Crippen molar-refractivity contribution in [3.8, 4) is 6.07 Å². The molecule has 0 radical (unpaired) electrons. The Morgan fingerprint density at radius 2 is 1.68 bits per heavy atom. The second kappa shape index (κ2) is 9.87. The number of halogens is 3. The smallest absolute Gasteiger partial charge is 0.416 e. The van der Waals surface area contributed by atoms with Crippen molar-refractivity contribution in [3.05, 3.63) is 94.7 Å². The van der Waals surface area contributed by atoms with Crippen LogP contribution in [0.4, 0.5) is 24.5 Å². The van der Waals surface area contributed by atoms with Gasteiger partial charge in [0.05, 0.1) is 46.1 Å². The Hall–Kier alpha value is -5.11. The molecule has 8 nitrogen and oxygen atoms in total. The molecule has 11 heteroatoms. The summed E-state index contributed by atoms with van der Waals surface area (Å²) in [5, 5.41) is 24.1. The monoisotopic (exact) mass is 506 g/mol. The van der Waals surface area contributed by atoms with Crippen LogP contribution in [-0.4, -0.2) is 27.9 Å². The van der Waals surface area contributed by atoms with E-state index >= 15 is 0 Å². The SMILES string of the molecule is N#Cc1ccc(NC(=O)c2cc3cccc(NC(=O)Cc4ccc(C(F)(F)F)cc4)c3[nH]2)c(C(=O)O)c1. The van der Waals surface area contributed by atoms with Crippen LogP contribution in [-0.2, 0) is 17.4 Å². The molecule has 186 valence electrons. The van der Waals surface area contributed by atoms with E-state index in [4.69, 9.17) is 5.26 Å². The predicted molar refractivity (Wildman–Crippen MR) is 128 cm³/mol. The molecule has 0 aliphatic heterocycles. The molecular formula is C26H17F3N4O4. The molecule has 0 aliphatic rings. The van der Waals surface area contributed by atoms with Gasteiger partial charge in [-0.3, -0.25) is 9.59 Å². The Balaban J connectivity index is 1.52. The van der Waals surface area contributed by atoms with Crippen molar-refractivity contribution in [1.29, 1.82) is 5.26 Å². The molecule has 1 aromatic heterocycles. The summed E-state index contributed by atoms with van der Waals surface area (Å²) in [7, 11) is 0. The normalized spacial score (nSPS) is 11.1. The molecule has 0 unspecified atom stereocenters. The van der Waals surface area contributed by atoms with E-state index < -0.39 is 29.5 Å². The molecule has 0 aliphatic carbocycles. The van der Waals surface area contributed by atoms with Gasteiger partial charge in [-0.25, -0.2) is 4.79 Å². The highest BCUT2D eigenvalue weighted by Gasteiger charge is 2.30. The van der Waals surface area contributed by atoms with Crippen LogP contribution < -0.4 is 10.6 Å². The Morgan fingerprint density at radius 1 is 0.946 bits per heavy atom. The van der Waals surface area contributed by atoms with Crippen LogP contribution in [0.5, 0.6) is 0 Å². The number of hydrogen-bond acceptors (Lipinski definition) is 4. The largest absolute Gasteiger partial charge is 0.478 e. The molecule has 0 saturated heterocycles. The van der Waals surface area contributed by atoms with E-state index in [1.54, 1.807) is 18.2 Å². The summed E-state index contributed by atoms with van der Waals surface area (Å²) in [6, 6.07) is 16.4. The van der Waals surface area contributed by atoms with Crippen LogP contribution in [0.1, 0.15) is 37.5 Å². The highest BCUT2D eigenvalue weighted by Crippen LogP contribution is 2.29. The number of nitrogens with one attached hydrogen (secondary N) is 3. The molecule has 4 aromatic rings. The zero-order chi connectivity index (χ0) is 26.7. The van der Waals surface area contributed by atoms with E-state index in [1.807, 2.05) is 6.07 Å². The number of aromatic amines is 1. The van der Waals surface area contributed by atoms with Crippen molar-refractivity contribution in [2.75, 3.05) is 10.6 Å². The number of carbonyl (C=O) groups excluding carboxylic acids is 2. The summed E-state index contributed by atoms with van der Waals surface area (Å²) in [6.45, 7) is 0. The van der Waals surface area contributed by atoms with Gasteiger partial charge in [0.25, 0.3) is 5.91 Å². The number of amides is 2. The number of carboxylic acids is 1. The van der Waals surface area contributed by atoms with Crippen LogP contribution in [0.3, 0.4) is 0 Å². The van der Waals surface area contributed by atoms with Gasteiger partial charge < -0.3 is 20.7 Å². The Kier molecular flexibility index (Phi) is 6.67. The number of benzene rings is 3. The molecule has 37 heavy (non-hydrogen) atoms. The third-order valence-corrected chi connectivity index (χ3v) is 5.45. The third-order valence-electron chi connectivity index (χ3n) is 5.45. The minimum Gasteiger partial charge on any atom is -0.478 e. The first kappa shape index (κ1) is 25.0. The average Bonchev–Trinajstić information content (AvgIpc) is 3.29. The molecule has 1 heterocycles. The van der Waals surface area contributed by atoms with Crippen LogP contribution in [0.25, 0.3) is 10.9 Å². The summed E-state index contributed by atoms with van der Waals surface area (Å²) in [6.07, 6.45) is -4.64. The second-order valence-electron chi connectivity index (χ2n) is 8.00. The van der Waals surface area contributed by atoms with E-state index in [2.05, 4.69) is 15.6 Å². The lowest BCUT2D eigenvalue weighted by molar-refractivity contribution is -0.137. The minimum atomic E-state index is -4.47. The molecule has 0 bridgehead atoms. The number of carbonyl (C=O) groups is 3. The Labute approximate surface area is 207 Å². The predicted octanol–water partition coefficient (Wildman–Crippen LogP) is 5.19. The number of carboxylic acid groups (broad SMARTS) is 1. The number of rotatable bonds is 6. The lowest BCUT2D eigenvalue weighted by atomic mass is 10.1. The second-order valence-corrected chi connectivity index (χ2v) is 8.00.